The molecule has 8 unspecified atom stereocenters. The number of fused-ring (bicyclic) bond motifs is 4. The molecule has 0 bridgehead atoms. The van der Waals surface area contributed by atoms with E-state index < -0.39 is 29.3 Å². The van der Waals surface area contributed by atoms with E-state index in [-0.39, 0.29) is 54.2 Å². The number of hydrogen-bond acceptors (Lipinski definition) is 8. The summed E-state index contributed by atoms with van der Waals surface area (Å²) in [6, 6.07) is 0. The Bertz CT molecular complexity index is 995. The molecule has 232 valence electrons. The number of ether oxygens (including phenoxy) is 4. The molecule has 5 saturated heterocycles. The number of Topliss-reactive ketones (excluding diaryl/α,β-unsaturated/α-hetero) is 1. The van der Waals surface area contributed by atoms with Crippen molar-refractivity contribution in [1.82, 2.24) is 0 Å². The van der Waals surface area contributed by atoms with E-state index in [9.17, 15) is 14.7 Å². The summed E-state index contributed by atoms with van der Waals surface area (Å²) in [6.45, 7) is 7.91. The zero-order valence-corrected chi connectivity index (χ0v) is 25.3. The van der Waals surface area contributed by atoms with Crippen molar-refractivity contribution in [3.05, 3.63) is 0 Å². The second kappa shape index (κ2) is 11.4. The van der Waals surface area contributed by atoms with Gasteiger partial charge in [0.05, 0.1) is 56.6 Å². The largest absolute Gasteiger partial charge is 0.457 e. The van der Waals surface area contributed by atoms with Crippen LogP contribution in [0.2, 0.25) is 0 Å². The molecule has 0 radical (unpaired) electrons. The first-order valence-corrected chi connectivity index (χ1v) is 16.3. The van der Waals surface area contributed by atoms with E-state index >= 15 is 0 Å². The van der Waals surface area contributed by atoms with Gasteiger partial charge in [0.2, 0.25) is 0 Å². The van der Waals surface area contributed by atoms with Gasteiger partial charge >= 0.3 is 5.97 Å². The smallest absolute Gasteiger partial charge is 0.341 e. The molecule has 41 heavy (non-hydrogen) atoms. The summed E-state index contributed by atoms with van der Waals surface area (Å²) in [4.78, 5) is 27.1. The van der Waals surface area contributed by atoms with E-state index in [1.165, 1.54) is 0 Å². The minimum atomic E-state index is -0.893. The van der Waals surface area contributed by atoms with Crippen LogP contribution in [0.25, 0.3) is 0 Å². The maximum Gasteiger partial charge on any atom is 0.341 e. The Morgan fingerprint density at radius 1 is 1.07 bits per heavy atom. The van der Waals surface area contributed by atoms with Crippen molar-refractivity contribution in [2.45, 2.75) is 133 Å². The van der Waals surface area contributed by atoms with Gasteiger partial charge in [0.1, 0.15) is 23.7 Å². The van der Waals surface area contributed by atoms with Crippen molar-refractivity contribution >= 4 is 11.8 Å². The van der Waals surface area contributed by atoms with Crippen LogP contribution in [0.15, 0.2) is 0 Å². The quantitative estimate of drug-likeness (QED) is 0.254. The van der Waals surface area contributed by atoms with Crippen LogP contribution in [-0.2, 0) is 28.5 Å². The lowest BCUT2D eigenvalue weighted by atomic mass is 9.61. The summed E-state index contributed by atoms with van der Waals surface area (Å²) in [6.07, 6.45) is 5.13. The number of aliphatic hydroxyl groups excluding tert-OH is 1. The first kappa shape index (κ1) is 29.9. The third-order valence-electron chi connectivity index (χ3n) is 11.3. The molecule has 1 saturated carbocycles. The molecule has 1 aliphatic carbocycles. The molecule has 6 fully saturated rings. The summed E-state index contributed by atoms with van der Waals surface area (Å²) in [5, 5.41) is 16.2. The van der Waals surface area contributed by atoms with Gasteiger partial charge in [0.25, 0.3) is 0 Å². The first-order chi connectivity index (χ1) is 19.5. The topological polar surface area (TPSA) is 154 Å². The molecule has 13 atom stereocenters. The maximum atomic E-state index is 14.0. The van der Waals surface area contributed by atoms with Crippen molar-refractivity contribution in [2.24, 2.45) is 35.3 Å². The Kier molecular flexibility index (Phi) is 8.33. The van der Waals surface area contributed by atoms with Gasteiger partial charge in [-0.15, -0.1) is 0 Å². The molecule has 5 aliphatic heterocycles. The second-order valence-electron chi connectivity index (χ2n) is 14.7. The molecule has 10 heteroatoms. The Morgan fingerprint density at radius 3 is 2.63 bits per heavy atom. The van der Waals surface area contributed by atoms with E-state index in [0.29, 0.717) is 31.1 Å². The minimum absolute atomic E-state index is 0.0737. The first-order valence-electron chi connectivity index (χ1n) is 16.3. The normalized spacial score (nSPS) is 49.5. The SMILES string of the molecule is C[NH2+]C[C@@H]1CC[C@@]2(O[C@@H]2CCC2CC[NH2+]C(N)C2)C(=O)O[C@@H]2[C@H](C1)C1C(CC3OC(C)CC(=O)C3C1O)OC2(C)C. The molecule has 6 aliphatic rings. The van der Waals surface area contributed by atoms with Crippen LogP contribution in [0, 0.1) is 29.6 Å². The van der Waals surface area contributed by atoms with Crippen LogP contribution in [0.4, 0.5) is 0 Å². The minimum Gasteiger partial charge on any atom is -0.457 e. The molecule has 1 spiro atoms. The van der Waals surface area contributed by atoms with Crippen molar-refractivity contribution in [3.63, 3.8) is 0 Å². The molecule has 0 aromatic heterocycles. The molecule has 10 nitrogen and oxygen atoms in total. The Balaban J connectivity index is 1.24. The molecule has 0 aromatic carbocycles. The van der Waals surface area contributed by atoms with E-state index in [1.807, 2.05) is 20.8 Å². The van der Waals surface area contributed by atoms with Gasteiger partial charge in [-0.2, -0.15) is 0 Å². The zero-order chi connectivity index (χ0) is 29.1. The van der Waals surface area contributed by atoms with Crippen LogP contribution in [0.3, 0.4) is 0 Å². The van der Waals surface area contributed by atoms with Crippen LogP contribution in [0.5, 0.6) is 0 Å². The number of nitrogens with two attached hydrogens (primary N) is 3. The van der Waals surface area contributed by atoms with Gasteiger partial charge in [-0.1, -0.05) is 0 Å². The number of hydrogen-bond donors (Lipinski definition) is 4. The van der Waals surface area contributed by atoms with Gasteiger partial charge in [0.15, 0.2) is 5.60 Å². The van der Waals surface area contributed by atoms with E-state index in [0.717, 1.165) is 51.6 Å². The van der Waals surface area contributed by atoms with Gasteiger partial charge < -0.3 is 34.7 Å². The zero-order valence-electron chi connectivity index (χ0n) is 25.3. The standard InChI is InChI=1S/C31H51N3O7/c1-16-11-20(35)26-21(38-16)14-22-25(27(26)36)19-12-18(15-33-4)7-9-31(29(37)39-28(19)30(2,3)40-22)23(41-31)6-5-17-8-10-34-24(32)13-17/h16-19,21-28,33-34,36H,5-15,32H2,1-4H3/p+2/t16?,17?,18-,19-,21?,22?,23-,24?,25?,26?,27?,28-,31+/m1/s1. The summed E-state index contributed by atoms with van der Waals surface area (Å²) in [7, 11) is 2.08. The fraction of sp³-hybridized carbons (Fsp3) is 0.935. The lowest BCUT2D eigenvalue weighted by molar-refractivity contribution is -0.699. The highest BCUT2D eigenvalue weighted by molar-refractivity contribution is 5.84. The van der Waals surface area contributed by atoms with Crippen LogP contribution in [0.1, 0.15) is 78.6 Å². The number of aliphatic hydroxyl groups is 1. The highest BCUT2D eigenvalue weighted by Crippen LogP contribution is 2.54. The van der Waals surface area contributed by atoms with Gasteiger partial charge in [-0.3, -0.25) is 10.5 Å². The lowest BCUT2D eigenvalue weighted by Crippen LogP contribution is -2.94. The number of carbonyl (C=O) groups is 2. The molecule has 0 aromatic rings. The van der Waals surface area contributed by atoms with Gasteiger partial charge in [0, 0.05) is 37.0 Å². The highest BCUT2D eigenvalue weighted by atomic mass is 16.7. The van der Waals surface area contributed by atoms with E-state index in [2.05, 4.69) is 17.7 Å². The molecule has 0 amide bonds. The van der Waals surface area contributed by atoms with Crippen molar-refractivity contribution < 1.29 is 44.3 Å². The summed E-state index contributed by atoms with van der Waals surface area (Å²) < 4.78 is 25.6. The number of esters is 1. The molecule has 5 heterocycles. The predicted molar refractivity (Wildman–Crippen MR) is 148 cm³/mol. The number of piperidine rings is 1. The van der Waals surface area contributed by atoms with E-state index in [4.69, 9.17) is 24.7 Å². The Hall–Kier alpha value is -1.14. The van der Waals surface area contributed by atoms with Gasteiger partial charge in [-0.05, 0) is 65.2 Å². The van der Waals surface area contributed by atoms with Crippen molar-refractivity contribution in [3.8, 4) is 0 Å². The molecule has 7 N–H and O–H groups in total. The lowest BCUT2D eigenvalue weighted by Gasteiger charge is -2.57. The molecular formula is C31H53N3O7+2. The molecular weight excluding hydrogens is 526 g/mol. The Morgan fingerprint density at radius 2 is 1.88 bits per heavy atom. The van der Waals surface area contributed by atoms with Gasteiger partial charge in [-0.25, -0.2) is 4.79 Å². The Labute approximate surface area is 244 Å². The van der Waals surface area contributed by atoms with Crippen LogP contribution in [-0.4, -0.2) is 91.0 Å². The average Bonchev–Trinajstić information content (AvgIpc) is 3.60. The summed E-state index contributed by atoms with van der Waals surface area (Å²) in [5.41, 5.74) is 4.54. The van der Waals surface area contributed by atoms with E-state index in [1.54, 1.807) is 0 Å². The fourth-order valence-corrected chi connectivity index (χ4v) is 9.35. The summed E-state index contributed by atoms with van der Waals surface area (Å²) in [5.74, 6) is -0.267. The number of quaternary nitrogens is 2. The second-order valence-corrected chi connectivity index (χ2v) is 14.7. The highest BCUT2D eigenvalue weighted by Gasteiger charge is 2.66. The number of ketones is 1. The third-order valence-corrected chi connectivity index (χ3v) is 11.3. The average molecular weight is 580 g/mol. The van der Waals surface area contributed by atoms with Crippen LogP contribution < -0.4 is 16.4 Å². The van der Waals surface area contributed by atoms with Crippen LogP contribution >= 0.6 is 0 Å². The fourth-order valence-electron chi connectivity index (χ4n) is 9.35. The number of epoxide rings is 1. The van der Waals surface area contributed by atoms with Crippen molar-refractivity contribution in [1.29, 1.82) is 0 Å². The monoisotopic (exact) mass is 579 g/mol. The van der Waals surface area contributed by atoms with Crippen molar-refractivity contribution in [2.75, 3.05) is 20.1 Å². The molecule has 6 rings (SSSR count). The number of rotatable bonds is 5. The summed E-state index contributed by atoms with van der Waals surface area (Å²) >= 11 is 0. The maximum absolute atomic E-state index is 14.0. The predicted octanol–water partition coefficient (Wildman–Crippen LogP) is -0.395. The third kappa shape index (κ3) is 5.63. The number of carbonyl (C=O) groups excluding carboxylic acids is 2.